The van der Waals surface area contributed by atoms with Crippen molar-refractivity contribution in [3.63, 3.8) is 0 Å². The lowest BCUT2D eigenvalue weighted by Crippen LogP contribution is -2.24. The molecule has 0 radical (unpaired) electrons. The van der Waals surface area contributed by atoms with Crippen LogP contribution in [0.4, 0.5) is 0 Å². The van der Waals surface area contributed by atoms with Crippen LogP contribution < -0.4 is 0 Å². The van der Waals surface area contributed by atoms with Crippen molar-refractivity contribution in [1.82, 2.24) is 15.0 Å². The lowest BCUT2D eigenvalue weighted by molar-refractivity contribution is 0.169. The van der Waals surface area contributed by atoms with E-state index < -0.39 is 15.9 Å². The summed E-state index contributed by atoms with van der Waals surface area (Å²) in [4.78, 5) is 6.93. The molecule has 1 aromatic heterocycles. The number of benzene rings is 2. The van der Waals surface area contributed by atoms with E-state index >= 15 is 0 Å². The van der Waals surface area contributed by atoms with Crippen LogP contribution in [0.3, 0.4) is 0 Å². The Balaban J connectivity index is 1.48. The molecule has 8 heteroatoms. The fourth-order valence-electron chi connectivity index (χ4n) is 3.64. The number of likely N-dealkylation sites (tertiary alicyclic amines) is 1. The van der Waals surface area contributed by atoms with Crippen molar-refractivity contribution < 1.29 is 18.0 Å². The maximum Gasteiger partial charge on any atom is 0.244 e. The number of sulfone groups is 1. The van der Waals surface area contributed by atoms with Gasteiger partial charge in [0, 0.05) is 25.8 Å². The Morgan fingerprint density at radius 3 is 2.52 bits per heavy atom. The maximum atomic E-state index is 11.6. The Morgan fingerprint density at radius 1 is 1.10 bits per heavy atom. The zero-order valence-electron chi connectivity index (χ0n) is 16.1. The number of aromatic nitrogens is 2. The molecular formula is C21H23N3O4S. The third-order valence-corrected chi connectivity index (χ3v) is 6.22. The molecular weight excluding hydrogens is 390 g/mol. The largest absolute Gasteiger partial charge is 0.392 e. The van der Waals surface area contributed by atoms with E-state index in [9.17, 15) is 13.5 Å². The van der Waals surface area contributed by atoms with Gasteiger partial charge in [-0.25, -0.2) is 8.42 Å². The molecule has 0 bridgehead atoms. The molecule has 0 spiro atoms. The first kappa shape index (κ1) is 19.8. The van der Waals surface area contributed by atoms with Gasteiger partial charge in [-0.2, -0.15) is 4.98 Å². The lowest BCUT2D eigenvalue weighted by Gasteiger charge is -2.21. The number of rotatable bonds is 6. The van der Waals surface area contributed by atoms with Gasteiger partial charge in [-0.3, -0.25) is 4.90 Å². The summed E-state index contributed by atoms with van der Waals surface area (Å²) in [6.45, 7) is 1.05. The summed E-state index contributed by atoms with van der Waals surface area (Å²) in [5.41, 5.74) is 2.06. The monoisotopic (exact) mass is 413 g/mol. The highest BCUT2D eigenvalue weighted by Crippen LogP contribution is 2.32. The molecule has 1 aliphatic heterocycles. The molecule has 1 fully saturated rings. The minimum Gasteiger partial charge on any atom is -0.392 e. The fraction of sp³-hybridized carbons (Fsp3) is 0.333. The van der Waals surface area contributed by atoms with Crippen molar-refractivity contribution in [3.05, 3.63) is 77.4 Å². The molecule has 29 heavy (non-hydrogen) atoms. The number of hydrogen-bond acceptors (Lipinski definition) is 7. The topological polar surface area (TPSA) is 96.5 Å². The highest BCUT2D eigenvalue weighted by Gasteiger charge is 2.35. The fourth-order valence-corrected chi connectivity index (χ4v) is 4.27. The van der Waals surface area contributed by atoms with Gasteiger partial charge in [-0.15, -0.1) is 0 Å². The molecule has 1 aliphatic rings. The van der Waals surface area contributed by atoms with Crippen molar-refractivity contribution >= 4 is 9.84 Å². The molecule has 1 N–H and O–H groups in total. The van der Waals surface area contributed by atoms with E-state index in [1.54, 1.807) is 24.3 Å². The van der Waals surface area contributed by atoms with Crippen LogP contribution in [0.15, 0.2) is 64.0 Å². The van der Waals surface area contributed by atoms with Gasteiger partial charge >= 0.3 is 0 Å². The predicted octanol–water partition coefficient (Wildman–Crippen LogP) is 2.37. The predicted molar refractivity (Wildman–Crippen MR) is 107 cm³/mol. The Hall–Kier alpha value is -2.55. The Morgan fingerprint density at radius 2 is 1.83 bits per heavy atom. The van der Waals surface area contributed by atoms with E-state index in [2.05, 4.69) is 15.0 Å². The number of aliphatic hydroxyl groups excluding tert-OH is 1. The summed E-state index contributed by atoms with van der Waals surface area (Å²) < 4.78 is 28.8. The molecule has 2 heterocycles. The van der Waals surface area contributed by atoms with Gasteiger partial charge in [-0.05, 0) is 29.7 Å². The summed E-state index contributed by atoms with van der Waals surface area (Å²) in [6, 6.07) is 16.6. The second-order valence-electron chi connectivity index (χ2n) is 7.46. The van der Waals surface area contributed by atoms with Crippen molar-refractivity contribution in [2.45, 2.75) is 36.4 Å². The van der Waals surface area contributed by atoms with Crippen molar-refractivity contribution in [3.8, 4) is 0 Å². The van der Waals surface area contributed by atoms with Gasteiger partial charge in [0.25, 0.3) is 0 Å². The second kappa shape index (κ2) is 8.06. The van der Waals surface area contributed by atoms with E-state index in [1.807, 2.05) is 30.3 Å². The van der Waals surface area contributed by atoms with Crippen LogP contribution in [0.5, 0.6) is 0 Å². The summed E-state index contributed by atoms with van der Waals surface area (Å²) in [7, 11) is -3.22. The van der Waals surface area contributed by atoms with Crippen LogP contribution in [0.1, 0.15) is 35.3 Å². The van der Waals surface area contributed by atoms with Gasteiger partial charge in [0.05, 0.1) is 17.0 Å². The first-order valence-electron chi connectivity index (χ1n) is 9.46. The second-order valence-corrected chi connectivity index (χ2v) is 9.48. The van der Waals surface area contributed by atoms with Gasteiger partial charge in [0.15, 0.2) is 15.7 Å². The Kier molecular flexibility index (Phi) is 5.49. The third kappa shape index (κ3) is 4.72. The summed E-state index contributed by atoms with van der Waals surface area (Å²) in [5.74, 6) is 1.12. The first-order valence-corrected chi connectivity index (χ1v) is 11.3. The molecule has 7 nitrogen and oxygen atoms in total. The van der Waals surface area contributed by atoms with Gasteiger partial charge in [0.1, 0.15) is 0 Å². The zero-order valence-corrected chi connectivity index (χ0v) is 16.9. The van der Waals surface area contributed by atoms with Crippen LogP contribution in [0, 0.1) is 0 Å². The Labute approximate surface area is 169 Å². The minimum absolute atomic E-state index is 0.170. The molecule has 0 saturated carbocycles. The number of hydrogen-bond donors (Lipinski definition) is 1. The van der Waals surface area contributed by atoms with Gasteiger partial charge in [0.2, 0.25) is 5.89 Å². The van der Waals surface area contributed by atoms with Crippen molar-refractivity contribution in [2.75, 3.05) is 12.8 Å². The number of aliphatic hydroxyl groups is 1. The lowest BCUT2D eigenvalue weighted by atomic mass is 10.1. The van der Waals surface area contributed by atoms with E-state index in [0.29, 0.717) is 42.5 Å². The van der Waals surface area contributed by atoms with Crippen molar-refractivity contribution in [2.24, 2.45) is 0 Å². The van der Waals surface area contributed by atoms with Crippen LogP contribution in [-0.2, 0) is 22.8 Å². The molecule has 152 valence electrons. The van der Waals surface area contributed by atoms with Crippen molar-refractivity contribution in [1.29, 1.82) is 0 Å². The average molecular weight is 413 g/mol. The van der Waals surface area contributed by atoms with Crippen LogP contribution >= 0.6 is 0 Å². The third-order valence-electron chi connectivity index (χ3n) is 5.09. The highest BCUT2D eigenvalue weighted by atomic mass is 32.2. The molecule has 0 unspecified atom stereocenters. The summed E-state index contributed by atoms with van der Waals surface area (Å²) >= 11 is 0. The van der Waals surface area contributed by atoms with Crippen LogP contribution in [-0.4, -0.2) is 47.5 Å². The standard InChI is InChI=1S/C21H23N3O4S/c1-29(26,27)18-9-7-16(8-10-18)13-24-14-17(25)12-19(24)21-22-20(23-28-21)11-15-5-3-2-4-6-15/h2-10,17,19,25H,11-14H2,1H3/t17-,19+/m1/s1. The van der Waals surface area contributed by atoms with Crippen LogP contribution in [0.25, 0.3) is 0 Å². The molecule has 0 amide bonds. The number of nitrogens with zero attached hydrogens (tertiary/aromatic N) is 3. The average Bonchev–Trinajstić information content (AvgIpc) is 3.28. The van der Waals surface area contributed by atoms with Gasteiger partial charge < -0.3 is 9.63 Å². The SMILES string of the molecule is CS(=O)(=O)c1ccc(CN2C[C@H](O)C[C@H]2c2nc(Cc3ccccc3)no2)cc1. The molecule has 2 aromatic carbocycles. The normalized spacial score (nSPS) is 20.2. The van der Waals surface area contributed by atoms with E-state index in [-0.39, 0.29) is 6.04 Å². The first-order chi connectivity index (χ1) is 13.9. The maximum absolute atomic E-state index is 11.6. The zero-order chi connectivity index (χ0) is 20.4. The van der Waals surface area contributed by atoms with E-state index in [1.165, 1.54) is 6.26 Å². The van der Waals surface area contributed by atoms with E-state index in [4.69, 9.17) is 4.52 Å². The summed E-state index contributed by atoms with van der Waals surface area (Å²) in [6.07, 6.45) is 1.83. The molecule has 4 rings (SSSR count). The molecule has 1 saturated heterocycles. The van der Waals surface area contributed by atoms with E-state index in [0.717, 1.165) is 11.1 Å². The van der Waals surface area contributed by atoms with Crippen LogP contribution in [0.2, 0.25) is 0 Å². The quantitative estimate of drug-likeness (QED) is 0.663. The Bertz CT molecular complexity index is 1060. The number of β-amino-alcohol motifs (C(OH)–C–C–N with tert-alkyl or cyclic N) is 1. The molecule has 3 aromatic rings. The smallest absolute Gasteiger partial charge is 0.244 e. The highest BCUT2D eigenvalue weighted by molar-refractivity contribution is 7.90. The molecule has 0 aliphatic carbocycles. The minimum atomic E-state index is -3.22. The van der Waals surface area contributed by atoms with Gasteiger partial charge in [-0.1, -0.05) is 47.6 Å². The molecule has 2 atom stereocenters. The summed E-state index contributed by atoms with van der Waals surface area (Å²) in [5, 5.41) is 14.3.